The van der Waals surface area contributed by atoms with E-state index in [1.165, 1.54) is 0 Å². The molecule has 0 saturated carbocycles. The summed E-state index contributed by atoms with van der Waals surface area (Å²) >= 11 is 12.1. The van der Waals surface area contributed by atoms with E-state index in [0.29, 0.717) is 28.8 Å². The molecule has 1 amide bonds. The van der Waals surface area contributed by atoms with E-state index < -0.39 is 0 Å². The van der Waals surface area contributed by atoms with Crippen LogP contribution in [0.25, 0.3) is 0 Å². The molecule has 0 spiro atoms. The van der Waals surface area contributed by atoms with Gasteiger partial charge in [-0.15, -0.1) is 0 Å². The van der Waals surface area contributed by atoms with Crippen LogP contribution in [0, 0.1) is 0 Å². The monoisotopic (exact) mass is 316 g/mol. The third-order valence-electron chi connectivity index (χ3n) is 3.30. The number of likely N-dealkylation sites (tertiary alicyclic amines) is 1. The molecule has 0 aliphatic carbocycles. The lowest BCUT2D eigenvalue weighted by Crippen LogP contribution is -2.32. The highest BCUT2D eigenvalue weighted by atomic mass is 35.5. The highest BCUT2D eigenvalue weighted by Crippen LogP contribution is 2.32. The molecular weight excluding hydrogens is 299 g/mol. The van der Waals surface area contributed by atoms with Crippen molar-refractivity contribution in [3.8, 4) is 5.75 Å². The van der Waals surface area contributed by atoms with Gasteiger partial charge in [-0.2, -0.15) is 0 Å². The summed E-state index contributed by atoms with van der Waals surface area (Å²) in [6.45, 7) is 2.09. The Bertz CT molecular complexity index is 488. The van der Waals surface area contributed by atoms with Crippen LogP contribution in [-0.4, -0.2) is 37.0 Å². The van der Waals surface area contributed by atoms with Crippen molar-refractivity contribution in [3.05, 3.63) is 27.7 Å². The second-order valence-electron chi connectivity index (χ2n) is 4.79. The van der Waals surface area contributed by atoms with Crippen molar-refractivity contribution in [1.29, 1.82) is 0 Å². The summed E-state index contributed by atoms with van der Waals surface area (Å²) in [7, 11) is 0. The van der Waals surface area contributed by atoms with E-state index in [-0.39, 0.29) is 12.5 Å². The van der Waals surface area contributed by atoms with Gasteiger partial charge >= 0.3 is 0 Å². The second-order valence-corrected chi connectivity index (χ2v) is 5.63. The molecule has 2 rings (SSSR count). The average Bonchev–Trinajstić information content (AvgIpc) is 2.91. The predicted octanol–water partition coefficient (Wildman–Crippen LogP) is 2.50. The number of amides is 1. The SMILES string of the molecule is NCCc1cc(Cl)cc(Cl)c1OCC(=O)N1CCCC1. The predicted molar refractivity (Wildman–Crippen MR) is 80.5 cm³/mol. The lowest BCUT2D eigenvalue weighted by molar-refractivity contribution is -0.132. The van der Waals surface area contributed by atoms with Gasteiger partial charge in [-0.25, -0.2) is 0 Å². The molecule has 0 unspecified atom stereocenters. The number of hydrogen-bond acceptors (Lipinski definition) is 3. The minimum Gasteiger partial charge on any atom is -0.482 e. The van der Waals surface area contributed by atoms with Crippen molar-refractivity contribution < 1.29 is 9.53 Å². The Morgan fingerprint density at radius 3 is 2.65 bits per heavy atom. The van der Waals surface area contributed by atoms with Crippen LogP contribution < -0.4 is 10.5 Å². The number of halogens is 2. The van der Waals surface area contributed by atoms with Gasteiger partial charge in [-0.1, -0.05) is 23.2 Å². The van der Waals surface area contributed by atoms with Gasteiger partial charge in [-0.3, -0.25) is 4.79 Å². The topological polar surface area (TPSA) is 55.6 Å². The molecule has 4 nitrogen and oxygen atoms in total. The third kappa shape index (κ3) is 3.78. The van der Waals surface area contributed by atoms with Crippen LogP contribution in [0.4, 0.5) is 0 Å². The Labute approximate surface area is 128 Å². The summed E-state index contributed by atoms with van der Waals surface area (Å²) < 4.78 is 5.61. The molecule has 0 bridgehead atoms. The van der Waals surface area contributed by atoms with Crippen LogP contribution in [0.2, 0.25) is 10.0 Å². The minimum absolute atomic E-state index is 0.00107. The molecule has 0 aromatic heterocycles. The fourth-order valence-electron chi connectivity index (χ4n) is 2.31. The van der Waals surface area contributed by atoms with Gasteiger partial charge in [0.15, 0.2) is 6.61 Å². The van der Waals surface area contributed by atoms with Crippen LogP contribution >= 0.6 is 23.2 Å². The van der Waals surface area contributed by atoms with Crippen molar-refractivity contribution in [3.63, 3.8) is 0 Å². The summed E-state index contributed by atoms with van der Waals surface area (Å²) in [5, 5.41) is 0.951. The molecule has 1 aliphatic rings. The number of nitrogens with zero attached hydrogens (tertiary/aromatic N) is 1. The van der Waals surface area contributed by atoms with Crippen molar-refractivity contribution in [2.45, 2.75) is 19.3 Å². The fraction of sp³-hybridized carbons (Fsp3) is 0.500. The normalized spacial score (nSPS) is 14.7. The number of benzene rings is 1. The summed E-state index contributed by atoms with van der Waals surface area (Å²) in [5.74, 6) is 0.501. The number of rotatable bonds is 5. The molecule has 1 saturated heterocycles. The highest BCUT2D eigenvalue weighted by Gasteiger charge is 2.19. The van der Waals surface area contributed by atoms with Gasteiger partial charge in [0.2, 0.25) is 0 Å². The smallest absolute Gasteiger partial charge is 0.260 e. The van der Waals surface area contributed by atoms with Crippen LogP contribution in [0.15, 0.2) is 12.1 Å². The zero-order valence-electron chi connectivity index (χ0n) is 11.2. The van der Waals surface area contributed by atoms with Gasteiger partial charge < -0.3 is 15.4 Å². The van der Waals surface area contributed by atoms with Crippen molar-refractivity contribution in [2.24, 2.45) is 5.73 Å². The molecule has 0 atom stereocenters. The Morgan fingerprint density at radius 2 is 2.00 bits per heavy atom. The molecule has 1 aromatic rings. The maximum atomic E-state index is 12.0. The zero-order chi connectivity index (χ0) is 14.5. The maximum Gasteiger partial charge on any atom is 0.260 e. The van der Waals surface area contributed by atoms with E-state index >= 15 is 0 Å². The lowest BCUT2D eigenvalue weighted by Gasteiger charge is -2.17. The molecule has 6 heteroatoms. The summed E-state index contributed by atoms with van der Waals surface area (Å²) in [5.41, 5.74) is 6.40. The lowest BCUT2D eigenvalue weighted by atomic mass is 10.1. The van der Waals surface area contributed by atoms with Crippen molar-refractivity contribution in [2.75, 3.05) is 26.2 Å². The van der Waals surface area contributed by atoms with Crippen LogP contribution in [-0.2, 0) is 11.2 Å². The van der Waals surface area contributed by atoms with Crippen LogP contribution in [0.5, 0.6) is 5.75 Å². The fourth-order valence-corrected chi connectivity index (χ4v) is 2.90. The summed E-state index contributed by atoms with van der Waals surface area (Å²) in [6, 6.07) is 3.38. The first-order valence-electron chi connectivity index (χ1n) is 6.70. The molecular formula is C14H18Cl2N2O2. The van der Waals surface area contributed by atoms with Crippen LogP contribution in [0.1, 0.15) is 18.4 Å². The minimum atomic E-state index is -0.00721. The maximum absolute atomic E-state index is 12.0. The van der Waals surface area contributed by atoms with E-state index in [2.05, 4.69) is 0 Å². The average molecular weight is 317 g/mol. The Morgan fingerprint density at radius 1 is 1.30 bits per heavy atom. The first-order valence-corrected chi connectivity index (χ1v) is 7.46. The number of carbonyl (C=O) groups is 1. The zero-order valence-corrected chi connectivity index (χ0v) is 12.7. The summed E-state index contributed by atoms with van der Waals surface area (Å²) in [6.07, 6.45) is 2.73. The molecule has 1 heterocycles. The first kappa shape index (κ1) is 15.4. The number of ether oxygens (including phenoxy) is 1. The molecule has 1 fully saturated rings. The van der Waals surface area contributed by atoms with Gasteiger partial charge in [0.05, 0.1) is 5.02 Å². The van der Waals surface area contributed by atoms with E-state index in [0.717, 1.165) is 31.5 Å². The molecule has 1 aliphatic heterocycles. The van der Waals surface area contributed by atoms with Gasteiger partial charge in [0.1, 0.15) is 5.75 Å². The van der Waals surface area contributed by atoms with Crippen LogP contribution in [0.3, 0.4) is 0 Å². The molecule has 1 aromatic carbocycles. The molecule has 110 valence electrons. The first-order chi connectivity index (χ1) is 9.61. The third-order valence-corrected chi connectivity index (χ3v) is 3.80. The van der Waals surface area contributed by atoms with Crippen molar-refractivity contribution >= 4 is 29.1 Å². The second kappa shape index (κ2) is 7.16. The van der Waals surface area contributed by atoms with Gasteiger partial charge in [0.25, 0.3) is 5.91 Å². The molecule has 2 N–H and O–H groups in total. The van der Waals surface area contributed by atoms with E-state index in [1.54, 1.807) is 12.1 Å². The van der Waals surface area contributed by atoms with E-state index in [4.69, 9.17) is 33.7 Å². The number of hydrogen-bond donors (Lipinski definition) is 1. The Kier molecular flexibility index (Phi) is 5.52. The Balaban J connectivity index is 2.06. The highest BCUT2D eigenvalue weighted by molar-refractivity contribution is 6.35. The largest absolute Gasteiger partial charge is 0.482 e. The Hall–Kier alpha value is -0.970. The molecule has 0 radical (unpaired) electrons. The molecule has 20 heavy (non-hydrogen) atoms. The number of carbonyl (C=O) groups excluding carboxylic acids is 1. The quantitative estimate of drug-likeness (QED) is 0.908. The van der Waals surface area contributed by atoms with E-state index in [1.807, 2.05) is 4.90 Å². The van der Waals surface area contributed by atoms with E-state index in [9.17, 15) is 4.79 Å². The standard InChI is InChI=1S/C14H18Cl2N2O2/c15-11-7-10(3-4-17)14(12(16)8-11)20-9-13(19)18-5-1-2-6-18/h7-8H,1-6,9,17H2. The summed E-state index contributed by atoms with van der Waals surface area (Å²) in [4.78, 5) is 13.8. The van der Waals surface area contributed by atoms with Crippen molar-refractivity contribution in [1.82, 2.24) is 4.90 Å². The van der Waals surface area contributed by atoms with Gasteiger partial charge in [-0.05, 0) is 43.5 Å². The van der Waals surface area contributed by atoms with Gasteiger partial charge in [0, 0.05) is 18.1 Å². The number of nitrogens with two attached hydrogens (primary N) is 1.